The van der Waals surface area contributed by atoms with E-state index >= 15 is 0 Å². The molecule has 0 spiro atoms. The van der Waals surface area contributed by atoms with Gasteiger partial charge in [0.25, 0.3) is 0 Å². The first-order valence-corrected chi connectivity index (χ1v) is 3.28. The number of carbonyl (C=O) groups is 2. The van der Waals surface area contributed by atoms with Crippen molar-refractivity contribution in [1.82, 2.24) is 9.88 Å². The molecule has 0 fully saturated rings. The Labute approximate surface area is 68.6 Å². The summed E-state index contributed by atoms with van der Waals surface area (Å²) in [5, 5.41) is 10.9. The van der Waals surface area contributed by atoms with E-state index in [0.717, 1.165) is 0 Å². The molecule has 64 valence electrons. The minimum atomic E-state index is -1.04. The highest BCUT2D eigenvalue weighted by Crippen LogP contribution is 1.99. The molecule has 1 amide bonds. The van der Waals surface area contributed by atoms with Crippen molar-refractivity contribution in [2.24, 2.45) is 0 Å². The van der Waals surface area contributed by atoms with E-state index in [-0.39, 0.29) is 11.6 Å². The molecule has 1 rings (SSSR count). The highest BCUT2D eigenvalue weighted by Gasteiger charge is 2.07. The summed E-state index contributed by atoms with van der Waals surface area (Å²) in [7, 11) is 1.47. The Morgan fingerprint density at radius 3 is 2.67 bits per heavy atom. The molecule has 12 heavy (non-hydrogen) atoms. The van der Waals surface area contributed by atoms with E-state index in [9.17, 15) is 9.59 Å². The van der Waals surface area contributed by atoms with E-state index in [1.807, 2.05) is 0 Å². The summed E-state index contributed by atoms with van der Waals surface area (Å²) < 4.78 is 1.17. The Bertz CT molecular complexity index is 316. The predicted octanol–water partition coefficient (Wildman–Crippen LogP) is 0.374. The third-order valence-corrected chi connectivity index (χ3v) is 1.39. The predicted molar refractivity (Wildman–Crippen MR) is 41.2 cm³/mol. The van der Waals surface area contributed by atoms with E-state index in [2.05, 4.69) is 5.32 Å². The fourth-order valence-electron chi connectivity index (χ4n) is 0.778. The van der Waals surface area contributed by atoms with Crippen molar-refractivity contribution in [2.45, 2.75) is 0 Å². The average Bonchev–Trinajstić information content (AvgIpc) is 2.51. The van der Waals surface area contributed by atoms with Crippen molar-refractivity contribution in [1.29, 1.82) is 0 Å². The summed E-state index contributed by atoms with van der Waals surface area (Å²) in [6.45, 7) is 0. The molecule has 0 aliphatic rings. The normalized spacial score (nSPS) is 9.42. The highest BCUT2D eigenvalue weighted by atomic mass is 16.4. The maximum atomic E-state index is 10.9. The number of hydrogen-bond acceptors (Lipinski definition) is 2. The molecule has 0 saturated carbocycles. The van der Waals surface area contributed by atoms with Crippen LogP contribution in [0, 0.1) is 0 Å². The first-order valence-electron chi connectivity index (χ1n) is 3.28. The Balaban J connectivity index is 2.91. The van der Waals surface area contributed by atoms with Gasteiger partial charge >= 0.3 is 12.0 Å². The van der Waals surface area contributed by atoms with Gasteiger partial charge < -0.3 is 10.4 Å². The molecule has 0 bridgehead atoms. The third kappa shape index (κ3) is 1.45. The summed E-state index contributed by atoms with van der Waals surface area (Å²) in [5.41, 5.74) is 0.0959. The molecule has 2 N–H and O–H groups in total. The molecular formula is C7H8N2O3. The Hall–Kier alpha value is -1.78. The van der Waals surface area contributed by atoms with E-state index in [1.165, 1.54) is 30.1 Å². The Morgan fingerprint density at radius 1 is 1.58 bits per heavy atom. The second kappa shape index (κ2) is 3.08. The number of aromatic carboxylic acids is 1. The molecule has 1 aromatic rings. The molecular weight excluding hydrogens is 160 g/mol. The molecule has 0 aliphatic carbocycles. The number of nitrogens with one attached hydrogen (secondary N) is 1. The van der Waals surface area contributed by atoms with Gasteiger partial charge in [-0.1, -0.05) is 0 Å². The molecule has 0 aliphatic heterocycles. The van der Waals surface area contributed by atoms with Crippen LogP contribution in [0.5, 0.6) is 0 Å². The molecule has 1 heterocycles. The third-order valence-electron chi connectivity index (χ3n) is 1.39. The second-order valence-electron chi connectivity index (χ2n) is 2.17. The smallest absolute Gasteiger partial charge is 0.337 e. The lowest BCUT2D eigenvalue weighted by Crippen LogP contribution is -2.22. The lowest BCUT2D eigenvalue weighted by Gasteiger charge is -1.97. The number of carbonyl (C=O) groups excluding carboxylic acids is 1. The quantitative estimate of drug-likeness (QED) is 0.636. The van der Waals surface area contributed by atoms with Gasteiger partial charge in [-0.2, -0.15) is 0 Å². The second-order valence-corrected chi connectivity index (χ2v) is 2.17. The molecule has 0 atom stereocenters. The van der Waals surface area contributed by atoms with E-state index in [0.29, 0.717) is 0 Å². The molecule has 0 saturated heterocycles. The summed E-state index contributed by atoms with van der Waals surface area (Å²) in [4.78, 5) is 21.3. The van der Waals surface area contributed by atoms with Gasteiger partial charge in [0.05, 0.1) is 5.56 Å². The number of carboxylic acid groups (broad SMARTS) is 1. The Kier molecular flexibility index (Phi) is 2.14. The topological polar surface area (TPSA) is 71.3 Å². The van der Waals surface area contributed by atoms with Crippen LogP contribution < -0.4 is 5.32 Å². The standard InChI is InChI=1S/C7H8N2O3/c1-8-7(12)9-3-2-5(4-9)6(10)11/h2-4H,1H3,(H,8,12)(H,10,11). The van der Waals surface area contributed by atoms with Crippen LogP contribution in [-0.4, -0.2) is 28.7 Å². The molecule has 5 heteroatoms. The van der Waals surface area contributed by atoms with Crippen LogP contribution in [-0.2, 0) is 0 Å². The molecule has 1 aromatic heterocycles. The fourth-order valence-corrected chi connectivity index (χ4v) is 0.778. The van der Waals surface area contributed by atoms with Crippen LogP contribution in [0.2, 0.25) is 0 Å². The SMILES string of the molecule is CNC(=O)n1ccc(C(=O)O)c1. The van der Waals surface area contributed by atoms with Gasteiger partial charge in [-0.15, -0.1) is 0 Å². The van der Waals surface area contributed by atoms with Gasteiger partial charge in [0.2, 0.25) is 0 Å². The summed E-state index contributed by atoms with van der Waals surface area (Å²) in [5.74, 6) is -1.04. The lowest BCUT2D eigenvalue weighted by molar-refractivity contribution is 0.0697. The van der Waals surface area contributed by atoms with Crippen LogP contribution in [0.25, 0.3) is 0 Å². The van der Waals surface area contributed by atoms with Gasteiger partial charge in [-0.05, 0) is 6.07 Å². The number of carboxylic acids is 1. The van der Waals surface area contributed by atoms with E-state index < -0.39 is 5.97 Å². The van der Waals surface area contributed by atoms with Crippen LogP contribution >= 0.6 is 0 Å². The van der Waals surface area contributed by atoms with Crippen LogP contribution in [0.4, 0.5) is 4.79 Å². The van der Waals surface area contributed by atoms with Crippen molar-refractivity contribution >= 4 is 12.0 Å². The van der Waals surface area contributed by atoms with Crippen LogP contribution in [0.1, 0.15) is 10.4 Å². The van der Waals surface area contributed by atoms with Crippen LogP contribution in [0.3, 0.4) is 0 Å². The van der Waals surface area contributed by atoms with Gasteiger partial charge in [0.15, 0.2) is 0 Å². The zero-order chi connectivity index (χ0) is 9.14. The fraction of sp³-hybridized carbons (Fsp3) is 0.143. The van der Waals surface area contributed by atoms with E-state index in [4.69, 9.17) is 5.11 Å². The van der Waals surface area contributed by atoms with Gasteiger partial charge in [-0.3, -0.25) is 4.57 Å². The molecule has 0 aromatic carbocycles. The van der Waals surface area contributed by atoms with Crippen LogP contribution in [0.15, 0.2) is 18.5 Å². The molecule has 0 radical (unpaired) electrons. The number of nitrogens with zero attached hydrogens (tertiary/aromatic N) is 1. The van der Waals surface area contributed by atoms with Crippen molar-refractivity contribution in [3.8, 4) is 0 Å². The average molecular weight is 168 g/mol. The summed E-state index contributed by atoms with van der Waals surface area (Å²) in [6, 6.07) is 1.000. The summed E-state index contributed by atoms with van der Waals surface area (Å²) in [6.07, 6.45) is 2.64. The molecule has 0 unspecified atom stereocenters. The van der Waals surface area contributed by atoms with Gasteiger partial charge in [-0.25, -0.2) is 9.59 Å². The van der Waals surface area contributed by atoms with Crippen molar-refractivity contribution in [3.63, 3.8) is 0 Å². The monoisotopic (exact) mass is 168 g/mol. The maximum Gasteiger partial charge on any atom is 0.337 e. The van der Waals surface area contributed by atoms with Crippen molar-refractivity contribution < 1.29 is 14.7 Å². The number of hydrogen-bond donors (Lipinski definition) is 2. The lowest BCUT2D eigenvalue weighted by atomic mass is 10.4. The van der Waals surface area contributed by atoms with Crippen molar-refractivity contribution in [2.75, 3.05) is 7.05 Å². The number of rotatable bonds is 1. The maximum absolute atomic E-state index is 10.9. The first kappa shape index (κ1) is 8.32. The number of amides is 1. The van der Waals surface area contributed by atoms with Crippen molar-refractivity contribution in [3.05, 3.63) is 24.0 Å². The zero-order valence-electron chi connectivity index (χ0n) is 6.44. The minimum Gasteiger partial charge on any atom is -0.478 e. The molecule has 5 nitrogen and oxygen atoms in total. The zero-order valence-corrected chi connectivity index (χ0v) is 6.44. The number of aromatic nitrogens is 1. The first-order chi connectivity index (χ1) is 5.65. The van der Waals surface area contributed by atoms with Gasteiger partial charge in [0, 0.05) is 19.4 Å². The van der Waals surface area contributed by atoms with Gasteiger partial charge in [0.1, 0.15) is 0 Å². The Morgan fingerprint density at radius 2 is 2.25 bits per heavy atom. The highest BCUT2D eigenvalue weighted by molar-refractivity contribution is 5.89. The minimum absolute atomic E-state index is 0.0959. The van der Waals surface area contributed by atoms with E-state index in [1.54, 1.807) is 0 Å². The summed E-state index contributed by atoms with van der Waals surface area (Å²) >= 11 is 0. The largest absolute Gasteiger partial charge is 0.478 e.